The molecule has 2 aromatic carbocycles. The van der Waals surface area contributed by atoms with Gasteiger partial charge in [-0.15, -0.1) is 0 Å². The largest absolute Gasteiger partial charge is 0.478 e. The van der Waals surface area contributed by atoms with Gasteiger partial charge in [-0.25, -0.2) is 13.6 Å². The summed E-state index contributed by atoms with van der Waals surface area (Å²) in [6.45, 7) is 0. The highest BCUT2D eigenvalue weighted by molar-refractivity contribution is 5.91. The molecule has 0 aliphatic carbocycles. The molecule has 0 saturated carbocycles. The molecule has 0 radical (unpaired) electrons. The minimum Gasteiger partial charge on any atom is -0.478 e. The predicted molar refractivity (Wildman–Crippen MR) is 59.8 cm³/mol. The van der Waals surface area contributed by atoms with Gasteiger partial charge in [-0.1, -0.05) is 12.1 Å². The van der Waals surface area contributed by atoms with Crippen LogP contribution in [0.25, 0.3) is 0 Å². The minimum atomic E-state index is -1.44. The zero-order valence-electron chi connectivity index (χ0n) is 9.36. The van der Waals surface area contributed by atoms with Crippen LogP contribution < -0.4 is 4.74 Å². The van der Waals surface area contributed by atoms with Crippen molar-refractivity contribution >= 4 is 5.97 Å². The summed E-state index contributed by atoms with van der Waals surface area (Å²) in [6, 6.07) is 6.32. The molecule has 1 N–H and O–H groups in total. The van der Waals surface area contributed by atoms with E-state index in [1.165, 1.54) is 6.07 Å². The first-order valence-corrected chi connectivity index (χ1v) is 5.14. The van der Waals surface area contributed by atoms with Gasteiger partial charge in [0, 0.05) is 0 Å². The highest BCUT2D eigenvalue weighted by Crippen LogP contribution is 2.30. The second-order valence-electron chi connectivity index (χ2n) is 3.58. The van der Waals surface area contributed by atoms with Gasteiger partial charge in [-0.2, -0.15) is 4.39 Å². The van der Waals surface area contributed by atoms with Gasteiger partial charge in [0.1, 0.15) is 5.56 Å². The van der Waals surface area contributed by atoms with Crippen molar-refractivity contribution in [2.45, 2.75) is 0 Å². The van der Waals surface area contributed by atoms with Gasteiger partial charge in [-0.3, -0.25) is 0 Å². The van der Waals surface area contributed by atoms with Gasteiger partial charge in [0.25, 0.3) is 0 Å². The first kappa shape index (κ1) is 12.9. The molecule has 0 aliphatic heterocycles. The molecule has 0 aliphatic rings. The average molecular weight is 268 g/mol. The van der Waals surface area contributed by atoms with Crippen LogP contribution in [0.4, 0.5) is 13.2 Å². The number of carbonyl (C=O) groups is 1. The SMILES string of the molecule is O=C(O)c1cccc(F)c1Oc1cccc(F)c1F. The predicted octanol–water partition coefficient (Wildman–Crippen LogP) is 3.59. The van der Waals surface area contributed by atoms with E-state index in [0.29, 0.717) is 0 Å². The lowest BCUT2D eigenvalue weighted by molar-refractivity contribution is 0.0693. The third-order valence-electron chi connectivity index (χ3n) is 2.33. The molecule has 0 aromatic heterocycles. The van der Waals surface area contributed by atoms with Crippen LogP contribution >= 0.6 is 0 Å². The Bertz CT molecular complexity index is 641. The van der Waals surface area contributed by atoms with Crippen molar-refractivity contribution in [3.63, 3.8) is 0 Å². The first-order valence-electron chi connectivity index (χ1n) is 5.14. The number of ether oxygens (including phenoxy) is 1. The lowest BCUT2D eigenvalue weighted by atomic mass is 10.2. The molecule has 0 atom stereocenters. The molecule has 0 amide bonds. The van der Waals surface area contributed by atoms with Crippen LogP contribution in [0, 0.1) is 17.5 Å². The maximum atomic E-state index is 13.5. The van der Waals surface area contributed by atoms with E-state index in [1.54, 1.807) is 0 Å². The van der Waals surface area contributed by atoms with E-state index in [-0.39, 0.29) is 0 Å². The fourth-order valence-corrected chi connectivity index (χ4v) is 1.45. The summed E-state index contributed by atoms with van der Waals surface area (Å²) in [5, 5.41) is 8.88. The Balaban J connectivity index is 2.49. The van der Waals surface area contributed by atoms with E-state index >= 15 is 0 Å². The second kappa shape index (κ2) is 5.01. The van der Waals surface area contributed by atoms with Crippen molar-refractivity contribution in [1.29, 1.82) is 0 Å². The standard InChI is InChI=1S/C13H7F3O3/c14-8-4-2-6-10(11(8)16)19-12-7(13(17)18)3-1-5-9(12)15/h1-6H,(H,17,18). The minimum absolute atomic E-state index is 0.483. The van der Waals surface area contributed by atoms with Gasteiger partial charge in [-0.05, 0) is 24.3 Å². The van der Waals surface area contributed by atoms with Gasteiger partial charge in [0.2, 0.25) is 5.82 Å². The van der Waals surface area contributed by atoms with Gasteiger partial charge < -0.3 is 9.84 Å². The quantitative estimate of drug-likeness (QED) is 0.925. The van der Waals surface area contributed by atoms with E-state index in [1.807, 2.05) is 0 Å². The van der Waals surface area contributed by atoms with Crippen molar-refractivity contribution in [2.24, 2.45) is 0 Å². The average Bonchev–Trinajstić information content (AvgIpc) is 2.36. The lowest BCUT2D eigenvalue weighted by Gasteiger charge is -2.10. The Kier molecular flexibility index (Phi) is 3.41. The fourth-order valence-electron chi connectivity index (χ4n) is 1.45. The number of hydrogen-bond acceptors (Lipinski definition) is 2. The lowest BCUT2D eigenvalue weighted by Crippen LogP contribution is -2.03. The Morgan fingerprint density at radius 1 is 1.00 bits per heavy atom. The number of carboxylic acid groups (broad SMARTS) is 1. The number of aromatic carboxylic acids is 1. The Morgan fingerprint density at radius 2 is 1.63 bits per heavy atom. The topological polar surface area (TPSA) is 46.5 Å². The number of halogens is 3. The molecular formula is C13H7F3O3. The monoisotopic (exact) mass is 268 g/mol. The van der Waals surface area contributed by atoms with E-state index in [9.17, 15) is 18.0 Å². The van der Waals surface area contributed by atoms with Crippen LogP contribution in [0.1, 0.15) is 10.4 Å². The molecule has 6 heteroatoms. The zero-order chi connectivity index (χ0) is 14.0. The van der Waals surface area contributed by atoms with Crippen molar-refractivity contribution in [3.05, 3.63) is 59.4 Å². The van der Waals surface area contributed by atoms with Crippen LogP contribution in [-0.2, 0) is 0 Å². The van der Waals surface area contributed by atoms with Crippen molar-refractivity contribution in [2.75, 3.05) is 0 Å². The highest BCUT2D eigenvalue weighted by atomic mass is 19.2. The summed E-state index contributed by atoms with van der Waals surface area (Å²) in [7, 11) is 0. The van der Waals surface area contributed by atoms with E-state index < -0.39 is 40.5 Å². The van der Waals surface area contributed by atoms with Crippen LogP contribution in [0.5, 0.6) is 11.5 Å². The van der Waals surface area contributed by atoms with Gasteiger partial charge in [0.15, 0.2) is 23.1 Å². The van der Waals surface area contributed by atoms with Crippen LogP contribution in [0.3, 0.4) is 0 Å². The molecule has 98 valence electrons. The molecule has 0 heterocycles. The molecule has 0 fully saturated rings. The maximum absolute atomic E-state index is 13.5. The summed E-state index contributed by atoms with van der Waals surface area (Å²) in [5.74, 6) is -6.17. The number of hydrogen-bond donors (Lipinski definition) is 1. The normalized spacial score (nSPS) is 10.3. The van der Waals surface area contributed by atoms with Gasteiger partial charge in [0.05, 0.1) is 0 Å². The summed E-state index contributed by atoms with van der Waals surface area (Å²) in [4.78, 5) is 10.9. The summed E-state index contributed by atoms with van der Waals surface area (Å²) >= 11 is 0. The number of benzene rings is 2. The zero-order valence-corrected chi connectivity index (χ0v) is 9.36. The van der Waals surface area contributed by atoms with Crippen molar-refractivity contribution in [3.8, 4) is 11.5 Å². The van der Waals surface area contributed by atoms with E-state index in [2.05, 4.69) is 0 Å². The molecule has 0 bridgehead atoms. The smallest absolute Gasteiger partial charge is 0.339 e. The Labute approximate surface area is 105 Å². The molecule has 0 saturated heterocycles. The second-order valence-corrected chi connectivity index (χ2v) is 3.58. The molecule has 19 heavy (non-hydrogen) atoms. The molecule has 0 spiro atoms. The first-order chi connectivity index (χ1) is 9.00. The van der Waals surface area contributed by atoms with Crippen molar-refractivity contribution < 1.29 is 27.8 Å². The van der Waals surface area contributed by atoms with Gasteiger partial charge >= 0.3 is 5.97 Å². The number of carboxylic acids is 1. The molecular weight excluding hydrogens is 261 g/mol. The maximum Gasteiger partial charge on any atom is 0.339 e. The highest BCUT2D eigenvalue weighted by Gasteiger charge is 2.18. The molecule has 3 nitrogen and oxygen atoms in total. The summed E-state index contributed by atoms with van der Waals surface area (Å²) < 4.78 is 44.7. The Morgan fingerprint density at radius 3 is 2.32 bits per heavy atom. The number of para-hydroxylation sites is 1. The molecule has 0 unspecified atom stereocenters. The van der Waals surface area contributed by atoms with E-state index in [4.69, 9.17) is 9.84 Å². The van der Waals surface area contributed by atoms with Crippen LogP contribution in [-0.4, -0.2) is 11.1 Å². The third-order valence-corrected chi connectivity index (χ3v) is 2.33. The Hall–Kier alpha value is -2.50. The summed E-state index contributed by atoms with van der Waals surface area (Å²) in [6.07, 6.45) is 0. The summed E-state index contributed by atoms with van der Waals surface area (Å²) in [5.41, 5.74) is -0.483. The van der Waals surface area contributed by atoms with Crippen molar-refractivity contribution in [1.82, 2.24) is 0 Å². The molecule has 2 rings (SSSR count). The fraction of sp³-hybridized carbons (Fsp3) is 0. The van der Waals surface area contributed by atoms with Crippen LogP contribution in [0.15, 0.2) is 36.4 Å². The third kappa shape index (κ3) is 2.52. The number of rotatable bonds is 3. The van der Waals surface area contributed by atoms with E-state index in [0.717, 1.165) is 30.3 Å². The van der Waals surface area contributed by atoms with Crippen LogP contribution in [0.2, 0.25) is 0 Å². The molecule has 2 aromatic rings.